The average Bonchev–Trinajstić information content (AvgIpc) is 2.99. The van der Waals surface area contributed by atoms with Crippen LogP contribution in [0.5, 0.6) is 5.75 Å². The SMILES string of the molecule is CC(C)COc1ccc(C(C)NS(=O)(=O)c2ccc3c4c(cccc24)C(=O)N3C)cc1. The minimum absolute atomic E-state index is 0.128. The lowest BCUT2D eigenvalue weighted by atomic mass is 10.1. The van der Waals surface area contributed by atoms with Gasteiger partial charge in [0.1, 0.15) is 5.75 Å². The Hall–Kier alpha value is -2.90. The van der Waals surface area contributed by atoms with E-state index in [9.17, 15) is 13.2 Å². The molecular formula is C24H26N2O4S. The molecule has 1 N–H and O–H groups in total. The molecule has 0 aliphatic carbocycles. The summed E-state index contributed by atoms with van der Waals surface area (Å²) in [5, 5.41) is 1.22. The second-order valence-electron chi connectivity index (χ2n) is 8.29. The fourth-order valence-electron chi connectivity index (χ4n) is 3.82. The molecule has 0 saturated carbocycles. The van der Waals surface area contributed by atoms with Crippen LogP contribution in [0.3, 0.4) is 0 Å². The molecule has 1 atom stereocenters. The molecule has 31 heavy (non-hydrogen) atoms. The summed E-state index contributed by atoms with van der Waals surface area (Å²) in [6.45, 7) is 6.60. The number of rotatable bonds is 7. The smallest absolute Gasteiger partial charge is 0.258 e. The van der Waals surface area contributed by atoms with Gasteiger partial charge in [-0.05, 0) is 48.7 Å². The summed E-state index contributed by atoms with van der Waals surface area (Å²) >= 11 is 0. The monoisotopic (exact) mass is 438 g/mol. The Labute approximate surface area is 182 Å². The summed E-state index contributed by atoms with van der Waals surface area (Å²) < 4.78 is 35.0. The number of ether oxygens (including phenoxy) is 1. The van der Waals surface area contributed by atoms with Gasteiger partial charge in [-0.2, -0.15) is 0 Å². The van der Waals surface area contributed by atoms with E-state index in [1.54, 1.807) is 49.2 Å². The van der Waals surface area contributed by atoms with Crippen LogP contribution >= 0.6 is 0 Å². The van der Waals surface area contributed by atoms with Crippen molar-refractivity contribution in [3.05, 3.63) is 65.7 Å². The molecule has 0 radical (unpaired) electrons. The maximum Gasteiger partial charge on any atom is 0.258 e. The number of carbonyl (C=O) groups excluding carboxylic acids is 1. The van der Waals surface area contributed by atoms with Gasteiger partial charge in [-0.15, -0.1) is 0 Å². The van der Waals surface area contributed by atoms with Crippen molar-refractivity contribution in [2.75, 3.05) is 18.6 Å². The van der Waals surface area contributed by atoms with Gasteiger partial charge in [0.15, 0.2) is 0 Å². The Morgan fingerprint density at radius 3 is 2.39 bits per heavy atom. The summed E-state index contributed by atoms with van der Waals surface area (Å²) in [7, 11) is -2.12. The zero-order valence-electron chi connectivity index (χ0n) is 18.0. The van der Waals surface area contributed by atoms with Crippen molar-refractivity contribution in [2.24, 2.45) is 5.92 Å². The minimum atomic E-state index is -3.82. The van der Waals surface area contributed by atoms with Crippen LogP contribution in [0.4, 0.5) is 5.69 Å². The molecule has 3 aromatic carbocycles. The van der Waals surface area contributed by atoms with Crippen molar-refractivity contribution in [3.8, 4) is 5.75 Å². The van der Waals surface area contributed by atoms with Crippen LogP contribution < -0.4 is 14.4 Å². The second kappa shape index (κ2) is 7.98. The predicted molar refractivity (Wildman–Crippen MR) is 122 cm³/mol. The van der Waals surface area contributed by atoms with E-state index in [1.165, 1.54) is 0 Å². The third-order valence-electron chi connectivity index (χ3n) is 5.46. The Morgan fingerprint density at radius 1 is 1.00 bits per heavy atom. The zero-order chi connectivity index (χ0) is 22.3. The van der Waals surface area contributed by atoms with E-state index in [1.807, 2.05) is 24.3 Å². The summed E-state index contributed by atoms with van der Waals surface area (Å²) in [6.07, 6.45) is 0. The first kappa shape index (κ1) is 21.3. The highest BCUT2D eigenvalue weighted by Gasteiger charge is 2.30. The Balaban J connectivity index is 1.61. The third-order valence-corrected chi connectivity index (χ3v) is 7.06. The molecule has 0 aromatic heterocycles. The van der Waals surface area contributed by atoms with Crippen molar-refractivity contribution in [1.82, 2.24) is 4.72 Å². The van der Waals surface area contributed by atoms with E-state index in [0.717, 1.165) is 17.0 Å². The van der Waals surface area contributed by atoms with Crippen LogP contribution in [0.15, 0.2) is 59.5 Å². The molecule has 1 aliphatic rings. The number of hydrogen-bond donors (Lipinski definition) is 1. The molecule has 1 aliphatic heterocycles. The highest BCUT2D eigenvalue weighted by atomic mass is 32.2. The molecule has 0 bridgehead atoms. The lowest BCUT2D eigenvalue weighted by Gasteiger charge is -2.17. The molecule has 6 nitrogen and oxygen atoms in total. The number of anilines is 1. The number of sulfonamides is 1. The highest BCUT2D eigenvalue weighted by Crippen LogP contribution is 2.39. The van der Waals surface area contributed by atoms with E-state index in [2.05, 4.69) is 18.6 Å². The predicted octanol–water partition coefficient (Wildman–Crippen LogP) is 4.50. The summed E-state index contributed by atoms with van der Waals surface area (Å²) in [6, 6.07) is 15.4. The number of amides is 1. The first-order valence-corrected chi connectivity index (χ1v) is 11.8. The van der Waals surface area contributed by atoms with Crippen LogP contribution in [-0.4, -0.2) is 28.0 Å². The standard InChI is InChI=1S/C24H26N2O4S/c1-15(2)14-30-18-10-8-17(9-11-18)16(3)25-31(28,29)22-13-12-21-23-19(22)6-5-7-20(23)24(27)26(21)4/h5-13,15-16,25H,14H2,1-4H3. The van der Waals surface area contributed by atoms with E-state index < -0.39 is 16.1 Å². The van der Waals surface area contributed by atoms with E-state index in [4.69, 9.17) is 4.74 Å². The molecule has 3 aromatic rings. The molecule has 0 saturated heterocycles. The largest absolute Gasteiger partial charge is 0.493 e. The molecule has 1 amide bonds. The van der Waals surface area contributed by atoms with Crippen molar-refractivity contribution >= 4 is 32.4 Å². The van der Waals surface area contributed by atoms with Crippen LogP contribution in [-0.2, 0) is 10.0 Å². The minimum Gasteiger partial charge on any atom is -0.493 e. The molecule has 4 rings (SSSR count). The quantitative estimate of drug-likeness (QED) is 0.589. The van der Waals surface area contributed by atoms with Crippen LogP contribution in [0.2, 0.25) is 0 Å². The Bertz CT molecular complexity index is 1250. The molecule has 7 heteroatoms. The topological polar surface area (TPSA) is 75.7 Å². The maximum absolute atomic E-state index is 13.2. The third kappa shape index (κ3) is 3.91. The molecular weight excluding hydrogens is 412 g/mol. The highest BCUT2D eigenvalue weighted by molar-refractivity contribution is 7.89. The van der Waals surface area contributed by atoms with Gasteiger partial charge in [-0.1, -0.05) is 38.1 Å². The average molecular weight is 439 g/mol. The maximum atomic E-state index is 13.2. The summed E-state index contributed by atoms with van der Waals surface area (Å²) in [5.74, 6) is 1.06. The van der Waals surface area contributed by atoms with Crippen molar-refractivity contribution in [1.29, 1.82) is 0 Å². The van der Waals surface area contributed by atoms with Crippen LogP contribution in [0, 0.1) is 5.92 Å². The first-order chi connectivity index (χ1) is 14.7. The van der Waals surface area contributed by atoms with Gasteiger partial charge < -0.3 is 9.64 Å². The van der Waals surface area contributed by atoms with Gasteiger partial charge in [-0.25, -0.2) is 13.1 Å². The van der Waals surface area contributed by atoms with E-state index in [0.29, 0.717) is 28.9 Å². The van der Waals surface area contributed by atoms with Gasteiger partial charge in [0, 0.05) is 29.4 Å². The number of nitrogens with zero attached hydrogens (tertiary/aromatic N) is 1. The molecule has 0 fully saturated rings. The van der Waals surface area contributed by atoms with Crippen molar-refractivity contribution < 1.29 is 17.9 Å². The van der Waals surface area contributed by atoms with Gasteiger partial charge in [-0.3, -0.25) is 4.79 Å². The second-order valence-corrected chi connectivity index (χ2v) is 9.97. The number of nitrogens with one attached hydrogen (secondary N) is 1. The summed E-state index contributed by atoms with van der Waals surface area (Å²) in [5.41, 5.74) is 2.08. The number of hydrogen-bond acceptors (Lipinski definition) is 4. The molecule has 0 spiro atoms. The Morgan fingerprint density at radius 2 is 1.71 bits per heavy atom. The number of carbonyl (C=O) groups is 1. The fraction of sp³-hybridized carbons (Fsp3) is 0.292. The number of benzene rings is 3. The van der Waals surface area contributed by atoms with Gasteiger partial charge in [0.25, 0.3) is 5.91 Å². The van der Waals surface area contributed by atoms with Gasteiger partial charge in [0.2, 0.25) is 10.0 Å². The first-order valence-electron chi connectivity index (χ1n) is 10.3. The Kier molecular flexibility index (Phi) is 5.49. The van der Waals surface area contributed by atoms with E-state index >= 15 is 0 Å². The van der Waals surface area contributed by atoms with Crippen LogP contribution in [0.1, 0.15) is 42.7 Å². The molecule has 1 unspecified atom stereocenters. The molecule has 162 valence electrons. The zero-order valence-corrected chi connectivity index (χ0v) is 18.9. The van der Waals surface area contributed by atoms with E-state index in [-0.39, 0.29) is 10.8 Å². The lowest BCUT2D eigenvalue weighted by molar-refractivity contribution is 0.0999. The fourth-order valence-corrected chi connectivity index (χ4v) is 5.26. The summed E-state index contributed by atoms with van der Waals surface area (Å²) in [4.78, 5) is 14.2. The molecule has 1 heterocycles. The van der Waals surface area contributed by atoms with Crippen molar-refractivity contribution in [3.63, 3.8) is 0 Å². The van der Waals surface area contributed by atoms with Gasteiger partial charge >= 0.3 is 0 Å². The van der Waals surface area contributed by atoms with Gasteiger partial charge in [0.05, 0.1) is 17.2 Å². The van der Waals surface area contributed by atoms with Crippen molar-refractivity contribution in [2.45, 2.75) is 31.7 Å². The lowest BCUT2D eigenvalue weighted by Crippen LogP contribution is -2.27. The normalized spacial score (nSPS) is 14.5. The van der Waals surface area contributed by atoms with Crippen LogP contribution in [0.25, 0.3) is 10.8 Å².